The van der Waals surface area contributed by atoms with Crippen LogP contribution in [-0.4, -0.2) is 5.71 Å². The maximum absolute atomic E-state index is 14.4. The molecular formula is C22H28FN3. The van der Waals surface area contributed by atoms with Gasteiger partial charge in [0.05, 0.1) is 6.04 Å². The second-order valence-electron chi connectivity index (χ2n) is 7.89. The molecule has 2 rings (SSSR count). The highest BCUT2D eigenvalue weighted by Crippen LogP contribution is 2.32. The molecule has 138 valence electrons. The van der Waals surface area contributed by atoms with Crippen molar-refractivity contribution in [3.05, 3.63) is 71.6 Å². The van der Waals surface area contributed by atoms with Gasteiger partial charge in [0.15, 0.2) is 0 Å². The largest absolute Gasteiger partial charge is 0.398 e. The van der Waals surface area contributed by atoms with E-state index in [-0.39, 0.29) is 17.3 Å². The summed E-state index contributed by atoms with van der Waals surface area (Å²) >= 11 is 0. The van der Waals surface area contributed by atoms with Crippen LogP contribution in [0.25, 0.3) is 5.70 Å². The van der Waals surface area contributed by atoms with E-state index in [4.69, 9.17) is 11.1 Å². The summed E-state index contributed by atoms with van der Waals surface area (Å²) in [7, 11) is 0. The number of nitrogens with one attached hydrogen (secondary N) is 2. The molecule has 0 bridgehead atoms. The monoisotopic (exact) mass is 353 g/mol. The molecule has 26 heavy (non-hydrogen) atoms. The van der Waals surface area contributed by atoms with E-state index in [2.05, 4.69) is 32.7 Å². The Balaban J connectivity index is 2.34. The molecule has 0 saturated heterocycles. The van der Waals surface area contributed by atoms with Gasteiger partial charge in [0.2, 0.25) is 0 Å². The first kappa shape index (κ1) is 19.7. The molecule has 0 saturated carbocycles. The van der Waals surface area contributed by atoms with Crippen molar-refractivity contribution in [1.82, 2.24) is 5.32 Å². The third-order valence-electron chi connectivity index (χ3n) is 4.25. The average molecular weight is 353 g/mol. The van der Waals surface area contributed by atoms with Gasteiger partial charge in [0.25, 0.3) is 0 Å². The SMILES string of the molecule is C=C(NC(CC(C)(C)C)c1ccccc1F)c1ccc(N)c(C(C)=N)c1. The van der Waals surface area contributed by atoms with Crippen LogP contribution in [0.2, 0.25) is 0 Å². The molecule has 0 radical (unpaired) electrons. The molecule has 0 aliphatic heterocycles. The minimum atomic E-state index is -0.226. The molecule has 0 fully saturated rings. The highest BCUT2D eigenvalue weighted by Gasteiger charge is 2.23. The number of halogens is 1. The maximum Gasteiger partial charge on any atom is 0.128 e. The minimum absolute atomic E-state index is 0.0120. The van der Waals surface area contributed by atoms with Crippen LogP contribution in [0.3, 0.4) is 0 Å². The van der Waals surface area contributed by atoms with E-state index in [1.807, 2.05) is 24.3 Å². The van der Waals surface area contributed by atoms with E-state index in [0.717, 1.165) is 12.0 Å². The van der Waals surface area contributed by atoms with Crippen molar-refractivity contribution in [2.75, 3.05) is 5.73 Å². The summed E-state index contributed by atoms with van der Waals surface area (Å²) in [6.45, 7) is 12.2. The Hall–Kier alpha value is -2.62. The first-order chi connectivity index (χ1) is 12.1. The molecule has 0 spiro atoms. The van der Waals surface area contributed by atoms with E-state index < -0.39 is 0 Å². The van der Waals surface area contributed by atoms with Crippen molar-refractivity contribution in [3.63, 3.8) is 0 Å². The predicted molar refractivity (Wildman–Crippen MR) is 109 cm³/mol. The number of rotatable bonds is 6. The van der Waals surface area contributed by atoms with Gasteiger partial charge in [0.1, 0.15) is 5.82 Å². The van der Waals surface area contributed by atoms with Gasteiger partial charge >= 0.3 is 0 Å². The summed E-state index contributed by atoms with van der Waals surface area (Å²) < 4.78 is 14.4. The summed E-state index contributed by atoms with van der Waals surface area (Å²) in [5.74, 6) is -0.226. The van der Waals surface area contributed by atoms with Gasteiger partial charge in [-0.25, -0.2) is 4.39 Å². The first-order valence-electron chi connectivity index (χ1n) is 8.74. The van der Waals surface area contributed by atoms with Crippen molar-refractivity contribution < 1.29 is 4.39 Å². The first-order valence-corrected chi connectivity index (χ1v) is 8.74. The summed E-state index contributed by atoms with van der Waals surface area (Å²) in [4.78, 5) is 0. The van der Waals surface area contributed by atoms with Crippen molar-refractivity contribution in [3.8, 4) is 0 Å². The summed E-state index contributed by atoms with van der Waals surface area (Å²) in [6.07, 6.45) is 0.748. The van der Waals surface area contributed by atoms with Crippen LogP contribution in [0.4, 0.5) is 10.1 Å². The van der Waals surface area contributed by atoms with Crippen LogP contribution in [0.1, 0.15) is 56.8 Å². The minimum Gasteiger partial charge on any atom is -0.398 e. The molecule has 2 aromatic rings. The molecule has 4 N–H and O–H groups in total. The zero-order chi connectivity index (χ0) is 19.5. The average Bonchev–Trinajstić information content (AvgIpc) is 2.53. The fraction of sp³-hybridized carbons (Fsp3) is 0.318. The third-order valence-corrected chi connectivity index (χ3v) is 4.25. The number of nitrogen functional groups attached to an aromatic ring is 1. The molecule has 0 aliphatic rings. The van der Waals surface area contributed by atoms with Crippen LogP contribution in [-0.2, 0) is 0 Å². The van der Waals surface area contributed by atoms with Gasteiger partial charge < -0.3 is 16.5 Å². The molecule has 4 heteroatoms. The molecule has 1 atom stereocenters. The predicted octanol–water partition coefficient (Wildman–Crippen LogP) is 5.53. The molecule has 0 amide bonds. The van der Waals surface area contributed by atoms with Gasteiger partial charge in [-0.2, -0.15) is 0 Å². The van der Waals surface area contributed by atoms with Gasteiger partial charge in [-0.3, -0.25) is 0 Å². The van der Waals surface area contributed by atoms with E-state index in [9.17, 15) is 4.39 Å². The summed E-state index contributed by atoms with van der Waals surface area (Å²) in [6, 6.07) is 12.1. The normalized spacial score (nSPS) is 12.5. The Kier molecular flexibility index (Phi) is 5.86. The van der Waals surface area contributed by atoms with E-state index >= 15 is 0 Å². The highest BCUT2D eigenvalue weighted by molar-refractivity contribution is 6.01. The van der Waals surface area contributed by atoms with Gasteiger partial charge in [-0.1, -0.05) is 51.6 Å². The van der Waals surface area contributed by atoms with Crippen molar-refractivity contribution >= 4 is 17.1 Å². The molecule has 0 aromatic heterocycles. The molecule has 0 aliphatic carbocycles. The second kappa shape index (κ2) is 7.73. The van der Waals surface area contributed by atoms with Crippen LogP contribution in [0, 0.1) is 16.6 Å². The van der Waals surface area contributed by atoms with Crippen LogP contribution in [0.15, 0.2) is 49.0 Å². The topological polar surface area (TPSA) is 61.9 Å². The van der Waals surface area contributed by atoms with Gasteiger partial charge in [-0.15, -0.1) is 0 Å². The Morgan fingerprint density at radius 2 is 1.88 bits per heavy atom. The van der Waals surface area contributed by atoms with Crippen molar-refractivity contribution in [1.29, 1.82) is 5.41 Å². The lowest BCUT2D eigenvalue weighted by molar-refractivity contribution is 0.323. The fourth-order valence-corrected chi connectivity index (χ4v) is 2.97. The smallest absolute Gasteiger partial charge is 0.128 e. The summed E-state index contributed by atoms with van der Waals surface area (Å²) in [5, 5.41) is 11.2. The Morgan fingerprint density at radius 3 is 2.46 bits per heavy atom. The lowest BCUT2D eigenvalue weighted by Crippen LogP contribution is -2.25. The molecule has 3 nitrogen and oxygen atoms in total. The van der Waals surface area contributed by atoms with E-state index in [0.29, 0.717) is 28.2 Å². The van der Waals surface area contributed by atoms with Crippen molar-refractivity contribution in [2.45, 2.75) is 40.2 Å². The van der Waals surface area contributed by atoms with E-state index in [1.54, 1.807) is 19.1 Å². The van der Waals surface area contributed by atoms with Crippen LogP contribution in [0.5, 0.6) is 0 Å². The Labute approximate surface area is 155 Å². The second-order valence-corrected chi connectivity index (χ2v) is 7.89. The van der Waals surface area contributed by atoms with Crippen molar-refractivity contribution in [2.24, 2.45) is 5.41 Å². The summed E-state index contributed by atoms with van der Waals surface area (Å²) in [5.41, 5.74) is 9.76. The molecule has 2 aromatic carbocycles. The number of hydrogen-bond donors (Lipinski definition) is 3. The zero-order valence-electron chi connectivity index (χ0n) is 16.0. The standard InChI is InChI=1S/C22H28FN3/c1-14(24)18-12-16(10-11-20(18)25)15(2)26-21(13-22(3,4)5)17-8-6-7-9-19(17)23/h6-12,21,24,26H,2,13,25H2,1,3-5H3. The van der Waals surface area contributed by atoms with Crippen LogP contribution < -0.4 is 11.1 Å². The van der Waals surface area contributed by atoms with Gasteiger partial charge in [-0.05, 0) is 42.5 Å². The lowest BCUT2D eigenvalue weighted by atomic mass is 9.85. The van der Waals surface area contributed by atoms with Crippen LogP contribution >= 0.6 is 0 Å². The highest BCUT2D eigenvalue weighted by atomic mass is 19.1. The quantitative estimate of drug-likeness (QED) is 0.472. The maximum atomic E-state index is 14.4. The number of nitrogens with two attached hydrogens (primary N) is 1. The third kappa shape index (κ3) is 4.94. The Morgan fingerprint density at radius 1 is 1.23 bits per heavy atom. The number of benzene rings is 2. The number of hydrogen-bond acceptors (Lipinski definition) is 3. The molecular weight excluding hydrogens is 325 g/mol. The number of anilines is 1. The molecule has 0 heterocycles. The Bertz CT molecular complexity index is 818. The van der Waals surface area contributed by atoms with E-state index in [1.165, 1.54) is 6.07 Å². The fourth-order valence-electron chi connectivity index (χ4n) is 2.97. The lowest BCUT2D eigenvalue weighted by Gasteiger charge is -2.29. The molecule has 1 unspecified atom stereocenters. The zero-order valence-corrected chi connectivity index (χ0v) is 16.0. The van der Waals surface area contributed by atoms with Gasteiger partial charge in [0, 0.05) is 28.2 Å².